The van der Waals surface area contributed by atoms with Gasteiger partial charge in [-0.1, -0.05) is 44.2 Å². The number of morpholine rings is 1. The summed E-state index contributed by atoms with van der Waals surface area (Å²) in [6.45, 7) is 10.2. The summed E-state index contributed by atoms with van der Waals surface area (Å²) >= 11 is 0. The SMILES string of the molecule is Cc1cccc(C(C)C)c1NC(=O)CCNc1ccccc1N1CCOCC1. The van der Waals surface area contributed by atoms with Crippen LogP contribution in [0.4, 0.5) is 17.1 Å². The van der Waals surface area contributed by atoms with Gasteiger partial charge in [0, 0.05) is 31.7 Å². The van der Waals surface area contributed by atoms with E-state index in [9.17, 15) is 4.79 Å². The molecule has 1 saturated heterocycles. The Kier molecular flexibility index (Phi) is 6.93. The number of ether oxygens (including phenoxy) is 1. The Hall–Kier alpha value is -2.53. The molecule has 2 aromatic rings. The smallest absolute Gasteiger partial charge is 0.226 e. The minimum atomic E-state index is 0.0348. The van der Waals surface area contributed by atoms with Crippen molar-refractivity contribution >= 4 is 23.0 Å². The van der Waals surface area contributed by atoms with Crippen molar-refractivity contribution in [2.45, 2.75) is 33.1 Å². The number of rotatable bonds is 7. The fourth-order valence-electron chi connectivity index (χ4n) is 3.56. The number of benzene rings is 2. The summed E-state index contributed by atoms with van der Waals surface area (Å²) in [5, 5.41) is 6.55. The Labute approximate surface area is 168 Å². The van der Waals surface area contributed by atoms with Crippen molar-refractivity contribution < 1.29 is 9.53 Å². The zero-order valence-corrected chi connectivity index (χ0v) is 17.1. The number of para-hydroxylation sites is 3. The first-order valence-electron chi connectivity index (χ1n) is 10.1. The highest BCUT2D eigenvalue weighted by Crippen LogP contribution is 2.28. The topological polar surface area (TPSA) is 53.6 Å². The second-order valence-electron chi connectivity index (χ2n) is 7.54. The van der Waals surface area contributed by atoms with E-state index in [2.05, 4.69) is 47.6 Å². The summed E-state index contributed by atoms with van der Waals surface area (Å²) in [7, 11) is 0. The lowest BCUT2D eigenvalue weighted by Crippen LogP contribution is -2.36. The van der Waals surface area contributed by atoms with Crippen molar-refractivity contribution in [1.82, 2.24) is 0 Å². The molecule has 5 nitrogen and oxygen atoms in total. The third-order valence-corrected chi connectivity index (χ3v) is 5.11. The summed E-state index contributed by atoms with van der Waals surface area (Å²) in [6, 6.07) is 14.4. The molecular formula is C23H31N3O2. The highest BCUT2D eigenvalue weighted by atomic mass is 16.5. The molecule has 1 fully saturated rings. The molecule has 0 bridgehead atoms. The van der Waals surface area contributed by atoms with Gasteiger partial charge in [0.15, 0.2) is 0 Å². The van der Waals surface area contributed by atoms with E-state index in [0.29, 0.717) is 18.9 Å². The van der Waals surface area contributed by atoms with Gasteiger partial charge in [-0.3, -0.25) is 4.79 Å². The highest BCUT2D eigenvalue weighted by molar-refractivity contribution is 5.92. The maximum absolute atomic E-state index is 12.5. The van der Waals surface area contributed by atoms with Gasteiger partial charge in [-0.05, 0) is 36.1 Å². The summed E-state index contributed by atoms with van der Waals surface area (Å²) in [5.74, 6) is 0.404. The summed E-state index contributed by atoms with van der Waals surface area (Å²) < 4.78 is 5.45. The van der Waals surface area contributed by atoms with Crippen molar-refractivity contribution in [2.75, 3.05) is 48.4 Å². The van der Waals surface area contributed by atoms with E-state index < -0.39 is 0 Å². The molecular weight excluding hydrogens is 350 g/mol. The van der Waals surface area contributed by atoms with E-state index in [1.165, 1.54) is 11.3 Å². The monoisotopic (exact) mass is 381 g/mol. The fourth-order valence-corrected chi connectivity index (χ4v) is 3.56. The zero-order chi connectivity index (χ0) is 19.9. The lowest BCUT2D eigenvalue weighted by molar-refractivity contribution is -0.115. The lowest BCUT2D eigenvalue weighted by Gasteiger charge is -2.30. The summed E-state index contributed by atoms with van der Waals surface area (Å²) in [6.07, 6.45) is 0.420. The first-order valence-corrected chi connectivity index (χ1v) is 10.1. The molecule has 0 spiro atoms. The van der Waals surface area contributed by atoms with Crippen molar-refractivity contribution in [3.63, 3.8) is 0 Å². The predicted molar refractivity (Wildman–Crippen MR) is 116 cm³/mol. The molecule has 0 saturated carbocycles. The van der Waals surface area contributed by atoms with Crippen LogP contribution in [0.3, 0.4) is 0 Å². The van der Waals surface area contributed by atoms with Gasteiger partial charge in [0.2, 0.25) is 5.91 Å². The second kappa shape index (κ2) is 9.60. The summed E-state index contributed by atoms with van der Waals surface area (Å²) in [4.78, 5) is 14.9. The van der Waals surface area contributed by atoms with Crippen molar-refractivity contribution in [3.05, 3.63) is 53.6 Å². The number of amides is 1. The number of hydrogen-bond acceptors (Lipinski definition) is 4. The Morgan fingerprint density at radius 2 is 1.86 bits per heavy atom. The van der Waals surface area contributed by atoms with Crippen LogP contribution in [-0.4, -0.2) is 38.8 Å². The van der Waals surface area contributed by atoms with Gasteiger partial charge in [-0.15, -0.1) is 0 Å². The van der Waals surface area contributed by atoms with Gasteiger partial charge in [0.1, 0.15) is 0 Å². The van der Waals surface area contributed by atoms with E-state index in [4.69, 9.17) is 4.74 Å². The minimum absolute atomic E-state index is 0.0348. The molecule has 0 atom stereocenters. The second-order valence-corrected chi connectivity index (χ2v) is 7.54. The van der Waals surface area contributed by atoms with Gasteiger partial charge in [-0.25, -0.2) is 0 Å². The Morgan fingerprint density at radius 1 is 1.11 bits per heavy atom. The standard InChI is InChI=1S/C23H31N3O2/c1-17(2)19-8-6-7-18(3)23(19)25-22(27)11-12-24-20-9-4-5-10-21(20)26-13-15-28-16-14-26/h4-10,17,24H,11-16H2,1-3H3,(H,25,27). The highest BCUT2D eigenvalue weighted by Gasteiger charge is 2.15. The Bertz CT molecular complexity index is 798. The van der Waals surface area contributed by atoms with E-state index in [0.717, 1.165) is 43.2 Å². The van der Waals surface area contributed by atoms with Crippen LogP contribution in [0.2, 0.25) is 0 Å². The van der Waals surface area contributed by atoms with Gasteiger partial charge < -0.3 is 20.3 Å². The molecule has 0 unspecified atom stereocenters. The average molecular weight is 382 g/mol. The molecule has 28 heavy (non-hydrogen) atoms. The Balaban J connectivity index is 1.58. The maximum atomic E-state index is 12.5. The van der Waals surface area contributed by atoms with Crippen molar-refractivity contribution in [3.8, 4) is 0 Å². The normalized spacial score (nSPS) is 14.2. The molecule has 0 aliphatic carbocycles. The molecule has 0 radical (unpaired) electrons. The number of nitrogens with zero attached hydrogens (tertiary/aromatic N) is 1. The third-order valence-electron chi connectivity index (χ3n) is 5.11. The first-order chi connectivity index (χ1) is 13.6. The largest absolute Gasteiger partial charge is 0.383 e. The van der Waals surface area contributed by atoms with Crippen LogP contribution >= 0.6 is 0 Å². The molecule has 1 aliphatic heterocycles. The Morgan fingerprint density at radius 3 is 2.61 bits per heavy atom. The molecule has 1 heterocycles. The third kappa shape index (κ3) is 5.04. The molecule has 1 amide bonds. The van der Waals surface area contributed by atoms with Gasteiger partial charge in [-0.2, -0.15) is 0 Å². The number of carbonyl (C=O) groups is 1. The molecule has 5 heteroatoms. The minimum Gasteiger partial charge on any atom is -0.383 e. The fraction of sp³-hybridized carbons (Fsp3) is 0.435. The van der Waals surface area contributed by atoms with E-state index in [-0.39, 0.29) is 5.91 Å². The van der Waals surface area contributed by atoms with Crippen LogP contribution in [0.1, 0.15) is 37.3 Å². The predicted octanol–water partition coefficient (Wildman–Crippen LogP) is 4.40. The average Bonchev–Trinajstić information content (AvgIpc) is 2.70. The number of nitrogens with one attached hydrogen (secondary N) is 2. The molecule has 3 rings (SSSR count). The molecule has 2 N–H and O–H groups in total. The zero-order valence-electron chi connectivity index (χ0n) is 17.1. The number of carbonyl (C=O) groups excluding carboxylic acids is 1. The van der Waals surface area contributed by atoms with E-state index in [1.807, 2.05) is 31.2 Å². The number of aryl methyl sites for hydroxylation is 1. The summed E-state index contributed by atoms with van der Waals surface area (Å²) in [5.41, 5.74) is 5.48. The number of anilines is 3. The molecule has 1 aliphatic rings. The van der Waals surface area contributed by atoms with Crippen LogP contribution < -0.4 is 15.5 Å². The van der Waals surface area contributed by atoms with Crippen LogP contribution in [0.15, 0.2) is 42.5 Å². The van der Waals surface area contributed by atoms with Crippen LogP contribution in [0.25, 0.3) is 0 Å². The van der Waals surface area contributed by atoms with Crippen molar-refractivity contribution in [2.24, 2.45) is 0 Å². The van der Waals surface area contributed by atoms with Crippen molar-refractivity contribution in [1.29, 1.82) is 0 Å². The van der Waals surface area contributed by atoms with E-state index >= 15 is 0 Å². The van der Waals surface area contributed by atoms with Crippen LogP contribution in [0, 0.1) is 6.92 Å². The van der Waals surface area contributed by atoms with Gasteiger partial charge in [0.25, 0.3) is 0 Å². The molecule has 2 aromatic carbocycles. The quantitative estimate of drug-likeness (QED) is 0.747. The van der Waals surface area contributed by atoms with Gasteiger partial charge in [0.05, 0.1) is 24.6 Å². The lowest BCUT2D eigenvalue weighted by atomic mass is 9.98. The van der Waals surface area contributed by atoms with Crippen LogP contribution in [0.5, 0.6) is 0 Å². The molecule has 0 aromatic heterocycles. The van der Waals surface area contributed by atoms with Gasteiger partial charge >= 0.3 is 0 Å². The van der Waals surface area contributed by atoms with E-state index in [1.54, 1.807) is 0 Å². The number of hydrogen-bond donors (Lipinski definition) is 2. The molecule has 150 valence electrons. The van der Waals surface area contributed by atoms with Crippen LogP contribution in [-0.2, 0) is 9.53 Å². The first kappa shape index (κ1) is 20.2. The maximum Gasteiger partial charge on any atom is 0.226 e.